The molecule has 0 unspecified atom stereocenters. The van der Waals surface area contributed by atoms with Gasteiger partial charge in [0.1, 0.15) is 5.76 Å². The van der Waals surface area contributed by atoms with E-state index in [1.54, 1.807) is 0 Å². The molecule has 106 valence electrons. The number of hydrogen-bond donors (Lipinski definition) is 1. The van der Waals surface area contributed by atoms with Crippen LogP contribution in [0.1, 0.15) is 19.6 Å². The summed E-state index contributed by atoms with van der Waals surface area (Å²) in [7, 11) is 0. The van der Waals surface area contributed by atoms with Crippen molar-refractivity contribution >= 4 is 11.8 Å². The molecular formula is C13H21N3O3. The quantitative estimate of drug-likeness (QED) is 0.861. The molecule has 0 atom stereocenters. The van der Waals surface area contributed by atoms with Gasteiger partial charge in [-0.3, -0.25) is 9.69 Å². The number of piperazine rings is 1. The van der Waals surface area contributed by atoms with E-state index in [1.807, 2.05) is 11.0 Å². The van der Waals surface area contributed by atoms with Crippen molar-refractivity contribution in [1.82, 2.24) is 10.1 Å². The zero-order chi connectivity index (χ0) is 13.8. The van der Waals surface area contributed by atoms with Crippen LogP contribution in [0.4, 0.5) is 5.82 Å². The van der Waals surface area contributed by atoms with E-state index in [9.17, 15) is 4.79 Å². The Kier molecular flexibility index (Phi) is 4.42. The molecule has 0 bridgehead atoms. The highest BCUT2D eigenvalue weighted by Crippen LogP contribution is 2.18. The highest BCUT2D eigenvalue weighted by atomic mass is 16.5. The molecule has 0 radical (unpaired) electrons. The van der Waals surface area contributed by atoms with Gasteiger partial charge in [-0.15, -0.1) is 0 Å². The Bertz CT molecular complexity index is 423. The molecule has 1 aliphatic heterocycles. The summed E-state index contributed by atoms with van der Waals surface area (Å²) in [5.41, 5.74) is 0. The van der Waals surface area contributed by atoms with E-state index in [1.165, 1.54) is 0 Å². The van der Waals surface area contributed by atoms with E-state index >= 15 is 0 Å². The van der Waals surface area contributed by atoms with Crippen LogP contribution < -0.4 is 4.90 Å². The van der Waals surface area contributed by atoms with Gasteiger partial charge in [0.2, 0.25) is 0 Å². The van der Waals surface area contributed by atoms with Crippen molar-refractivity contribution in [1.29, 1.82) is 0 Å². The van der Waals surface area contributed by atoms with Crippen molar-refractivity contribution in [2.75, 3.05) is 37.6 Å². The highest BCUT2D eigenvalue weighted by Gasteiger charge is 2.21. The van der Waals surface area contributed by atoms with Crippen LogP contribution in [0.25, 0.3) is 0 Å². The maximum atomic E-state index is 10.6. The van der Waals surface area contributed by atoms with Crippen molar-refractivity contribution in [2.45, 2.75) is 20.3 Å². The van der Waals surface area contributed by atoms with Gasteiger partial charge in [-0.1, -0.05) is 19.0 Å². The average molecular weight is 267 g/mol. The zero-order valence-electron chi connectivity index (χ0n) is 11.5. The predicted octanol–water partition coefficient (Wildman–Crippen LogP) is 1.08. The van der Waals surface area contributed by atoms with E-state index in [-0.39, 0.29) is 6.54 Å². The molecule has 2 rings (SSSR count). The molecule has 0 aromatic carbocycles. The van der Waals surface area contributed by atoms with Crippen LogP contribution in [0.5, 0.6) is 0 Å². The molecule has 0 amide bonds. The van der Waals surface area contributed by atoms with Gasteiger partial charge in [-0.05, 0) is 5.92 Å². The maximum absolute atomic E-state index is 10.6. The fourth-order valence-corrected chi connectivity index (χ4v) is 2.28. The molecule has 1 fully saturated rings. The summed E-state index contributed by atoms with van der Waals surface area (Å²) in [4.78, 5) is 14.7. The van der Waals surface area contributed by atoms with Crippen molar-refractivity contribution in [3.63, 3.8) is 0 Å². The third-order valence-electron chi connectivity index (χ3n) is 3.21. The molecule has 1 N–H and O–H groups in total. The second kappa shape index (κ2) is 6.06. The second-order valence-electron chi connectivity index (χ2n) is 5.41. The summed E-state index contributed by atoms with van der Waals surface area (Å²) in [6, 6.07) is 1.99. The van der Waals surface area contributed by atoms with E-state index in [2.05, 4.69) is 23.9 Å². The topological polar surface area (TPSA) is 69.8 Å². The summed E-state index contributed by atoms with van der Waals surface area (Å²) >= 11 is 0. The van der Waals surface area contributed by atoms with Crippen LogP contribution in [-0.2, 0) is 11.2 Å². The molecule has 1 aromatic rings. The largest absolute Gasteiger partial charge is 0.480 e. The lowest BCUT2D eigenvalue weighted by Gasteiger charge is -2.33. The summed E-state index contributed by atoms with van der Waals surface area (Å²) in [6.45, 7) is 7.49. The minimum absolute atomic E-state index is 0.116. The first-order valence-corrected chi connectivity index (χ1v) is 6.69. The number of hydrogen-bond acceptors (Lipinski definition) is 5. The Morgan fingerprint density at radius 3 is 2.68 bits per heavy atom. The number of anilines is 1. The molecule has 6 nitrogen and oxygen atoms in total. The smallest absolute Gasteiger partial charge is 0.317 e. The van der Waals surface area contributed by atoms with E-state index in [4.69, 9.17) is 9.63 Å². The summed E-state index contributed by atoms with van der Waals surface area (Å²) in [5, 5.41) is 12.8. The molecule has 19 heavy (non-hydrogen) atoms. The third-order valence-corrected chi connectivity index (χ3v) is 3.21. The lowest BCUT2D eigenvalue weighted by molar-refractivity contribution is -0.138. The standard InChI is InChI=1S/C13H21N3O3/c1-10(2)7-11-8-12(14-19-11)16-5-3-15(4-6-16)9-13(17)18/h8,10H,3-7,9H2,1-2H3,(H,17,18). The first-order valence-electron chi connectivity index (χ1n) is 6.69. The first-order chi connectivity index (χ1) is 9.04. The fraction of sp³-hybridized carbons (Fsp3) is 0.692. The van der Waals surface area contributed by atoms with Gasteiger partial charge in [-0.2, -0.15) is 0 Å². The van der Waals surface area contributed by atoms with Gasteiger partial charge in [-0.25, -0.2) is 0 Å². The Morgan fingerprint density at radius 1 is 1.42 bits per heavy atom. The fourth-order valence-electron chi connectivity index (χ4n) is 2.28. The summed E-state index contributed by atoms with van der Waals surface area (Å²) in [5.74, 6) is 1.56. The summed E-state index contributed by atoms with van der Waals surface area (Å²) < 4.78 is 5.32. The molecule has 0 saturated carbocycles. The zero-order valence-corrected chi connectivity index (χ0v) is 11.5. The number of rotatable bonds is 5. The van der Waals surface area contributed by atoms with Gasteiger partial charge in [0.25, 0.3) is 0 Å². The Morgan fingerprint density at radius 2 is 2.11 bits per heavy atom. The average Bonchev–Trinajstić information content (AvgIpc) is 2.76. The summed E-state index contributed by atoms with van der Waals surface area (Å²) in [6.07, 6.45) is 0.895. The molecule has 0 aliphatic carbocycles. The van der Waals surface area contributed by atoms with Crippen LogP contribution in [-0.4, -0.2) is 53.9 Å². The highest BCUT2D eigenvalue weighted by molar-refractivity contribution is 5.69. The molecule has 0 spiro atoms. The number of nitrogens with zero attached hydrogens (tertiary/aromatic N) is 3. The van der Waals surface area contributed by atoms with Gasteiger partial charge in [0.05, 0.1) is 6.54 Å². The van der Waals surface area contributed by atoms with Crippen LogP contribution in [0.2, 0.25) is 0 Å². The van der Waals surface area contributed by atoms with Crippen molar-refractivity contribution in [3.05, 3.63) is 11.8 Å². The molecule has 2 heterocycles. The van der Waals surface area contributed by atoms with Gasteiger partial charge in [0.15, 0.2) is 5.82 Å². The van der Waals surface area contributed by atoms with E-state index < -0.39 is 5.97 Å². The molecule has 1 saturated heterocycles. The van der Waals surface area contributed by atoms with Crippen molar-refractivity contribution in [3.8, 4) is 0 Å². The first kappa shape index (κ1) is 13.9. The van der Waals surface area contributed by atoms with E-state index in [0.29, 0.717) is 5.92 Å². The van der Waals surface area contributed by atoms with Crippen molar-refractivity contribution in [2.24, 2.45) is 5.92 Å². The predicted molar refractivity (Wildman–Crippen MR) is 71.3 cm³/mol. The number of carboxylic acids is 1. The Balaban J connectivity index is 1.87. The SMILES string of the molecule is CC(C)Cc1cc(N2CCN(CC(=O)O)CC2)no1. The molecule has 6 heteroatoms. The lowest BCUT2D eigenvalue weighted by atomic mass is 10.1. The number of aliphatic carboxylic acids is 1. The maximum Gasteiger partial charge on any atom is 0.317 e. The monoisotopic (exact) mass is 267 g/mol. The normalized spacial score (nSPS) is 17.1. The van der Waals surface area contributed by atoms with Crippen LogP contribution in [0.3, 0.4) is 0 Å². The number of carbonyl (C=O) groups is 1. The minimum atomic E-state index is -0.769. The Hall–Kier alpha value is -1.56. The molecule has 1 aromatic heterocycles. The third kappa shape index (κ3) is 3.96. The molecular weight excluding hydrogens is 246 g/mol. The van der Waals surface area contributed by atoms with E-state index in [0.717, 1.165) is 44.2 Å². The van der Waals surface area contributed by atoms with Crippen LogP contribution in [0.15, 0.2) is 10.6 Å². The lowest BCUT2D eigenvalue weighted by Crippen LogP contribution is -2.48. The molecule has 1 aliphatic rings. The Labute approximate surface area is 113 Å². The van der Waals surface area contributed by atoms with Crippen LogP contribution in [0, 0.1) is 5.92 Å². The number of aromatic nitrogens is 1. The van der Waals surface area contributed by atoms with Crippen LogP contribution >= 0.6 is 0 Å². The van der Waals surface area contributed by atoms with Crippen molar-refractivity contribution < 1.29 is 14.4 Å². The van der Waals surface area contributed by atoms with Gasteiger partial charge >= 0.3 is 5.97 Å². The van der Waals surface area contributed by atoms with Gasteiger partial charge in [0, 0.05) is 38.7 Å². The van der Waals surface area contributed by atoms with Gasteiger partial charge < -0.3 is 14.5 Å². The second-order valence-corrected chi connectivity index (χ2v) is 5.41. The minimum Gasteiger partial charge on any atom is -0.480 e. The number of carboxylic acid groups (broad SMARTS) is 1.